The van der Waals surface area contributed by atoms with Crippen LogP contribution in [0.15, 0.2) is 60.3 Å². The number of allylic oxidation sites excluding steroid dienone is 1. The fourth-order valence-corrected chi connectivity index (χ4v) is 4.43. The molecule has 2 aromatic carbocycles. The third-order valence-electron chi connectivity index (χ3n) is 6.51. The van der Waals surface area contributed by atoms with Crippen molar-refractivity contribution in [3.63, 3.8) is 0 Å². The van der Waals surface area contributed by atoms with E-state index in [0.717, 1.165) is 54.8 Å². The Labute approximate surface area is 203 Å². The van der Waals surface area contributed by atoms with E-state index in [1.165, 1.54) is 23.3 Å². The average molecular weight is 465 g/mol. The van der Waals surface area contributed by atoms with E-state index < -0.39 is 0 Å². The largest absolute Gasteiger partial charge is 0.497 e. The van der Waals surface area contributed by atoms with Gasteiger partial charge in [0.15, 0.2) is 0 Å². The summed E-state index contributed by atoms with van der Waals surface area (Å²) < 4.78 is 20.6. The Morgan fingerprint density at radius 1 is 1.18 bits per heavy atom. The molecule has 3 aromatic rings. The van der Waals surface area contributed by atoms with Crippen LogP contribution in [0.4, 0.5) is 4.39 Å². The van der Waals surface area contributed by atoms with Crippen LogP contribution >= 0.6 is 0 Å². The third kappa shape index (κ3) is 6.80. The summed E-state index contributed by atoms with van der Waals surface area (Å²) in [6, 6.07) is 14.4. The molecular formula is C29H37FN2O2. The number of aromatic nitrogens is 2. The first-order valence-corrected chi connectivity index (χ1v) is 12.3. The fraction of sp³-hybridized carbons (Fsp3) is 0.414. The molecule has 2 atom stereocenters. The monoisotopic (exact) mass is 464 g/mol. The maximum absolute atomic E-state index is 13.4. The molecule has 1 N–H and O–H groups in total. The SMILES string of the molecule is CCc1cnn(-c2ccc(F)cc2)c1/C=C(\C)CCC[C@@H](CC)[C@@H](O)Cc1cccc(OC)c1. The van der Waals surface area contributed by atoms with Crippen LogP contribution in [0.25, 0.3) is 11.8 Å². The molecule has 0 bridgehead atoms. The van der Waals surface area contributed by atoms with E-state index in [2.05, 4.69) is 31.9 Å². The summed E-state index contributed by atoms with van der Waals surface area (Å²) >= 11 is 0. The quantitative estimate of drug-likeness (QED) is 0.321. The first kappa shape index (κ1) is 25.7. The molecule has 1 aromatic heterocycles. The molecule has 0 saturated heterocycles. The summed E-state index contributed by atoms with van der Waals surface area (Å²) in [5, 5.41) is 15.4. The van der Waals surface area contributed by atoms with Crippen molar-refractivity contribution >= 4 is 6.08 Å². The molecule has 0 amide bonds. The highest BCUT2D eigenvalue weighted by Gasteiger charge is 2.18. The van der Waals surface area contributed by atoms with Crippen LogP contribution in [0, 0.1) is 11.7 Å². The number of aliphatic hydroxyl groups is 1. The molecule has 0 spiro atoms. The second kappa shape index (κ2) is 12.5. The molecule has 0 unspecified atom stereocenters. The lowest BCUT2D eigenvalue weighted by Crippen LogP contribution is -2.22. The van der Waals surface area contributed by atoms with Gasteiger partial charge >= 0.3 is 0 Å². The lowest BCUT2D eigenvalue weighted by Gasteiger charge is -2.22. The van der Waals surface area contributed by atoms with Crippen LogP contribution in [0.2, 0.25) is 0 Å². The fourth-order valence-electron chi connectivity index (χ4n) is 4.43. The molecule has 0 aliphatic carbocycles. The van der Waals surface area contributed by atoms with Crippen molar-refractivity contribution in [3.05, 3.63) is 82.9 Å². The second-order valence-electron chi connectivity index (χ2n) is 8.97. The van der Waals surface area contributed by atoms with Gasteiger partial charge in [0.1, 0.15) is 11.6 Å². The number of ether oxygens (including phenoxy) is 1. The summed E-state index contributed by atoms with van der Waals surface area (Å²) in [6.07, 6.45) is 9.15. The van der Waals surface area contributed by atoms with E-state index in [1.807, 2.05) is 35.1 Å². The van der Waals surface area contributed by atoms with Crippen LogP contribution in [0.3, 0.4) is 0 Å². The number of hydrogen-bond donors (Lipinski definition) is 1. The normalized spacial score (nSPS) is 13.6. The summed E-state index contributed by atoms with van der Waals surface area (Å²) in [4.78, 5) is 0. The highest BCUT2D eigenvalue weighted by molar-refractivity contribution is 5.55. The van der Waals surface area contributed by atoms with E-state index in [4.69, 9.17) is 4.74 Å². The number of benzene rings is 2. The van der Waals surface area contributed by atoms with E-state index in [0.29, 0.717) is 6.42 Å². The van der Waals surface area contributed by atoms with Crippen LogP contribution < -0.4 is 4.74 Å². The number of nitrogens with zero attached hydrogens (tertiary/aromatic N) is 2. The first-order valence-electron chi connectivity index (χ1n) is 12.3. The molecule has 0 radical (unpaired) electrons. The molecule has 4 nitrogen and oxygen atoms in total. The highest BCUT2D eigenvalue weighted by Crippen LogP contribution is 2.25. The standard InChI is InChI=1S/C29H37FN2O2/c1-5-23(29(33)19-22-10-8-12-27(18-22)34-4)11-7-9-21(3)17-28-24(6-2)20-31-32(28)26-15-13-25(30)14-16-26/h8,10,12-18,20,23,29,33H,5-7,9,11,19H2,1-4H3/b21-17+/t23-,29+/m1/s1. The molecule has 34 heavy (non-hydrogen) atoms. The van der Waals surface area contributed by atoms with Gasteiger partial charge in [0.2, 0.25) is 0 Å². The van der Waals surface area contributed by atoms with E-state index >= 15 is 0 Å². The number of halogens is 1. The molecule has 182 valence electrons. The van der Waals surface area contributed by atoms with E-state index in [9.17, 15) is 9.50 Å². The van der Waals surface area contributed by atoms with Crippen molar-refractivity contribution in [2.24, 2.45) is 5.92 Å². The Morgan fingerprint density at radius 2 is 1.94 bits per heavy atom. The summed E-state index contributed by atoms with van der Waals surface area (Å²) in [6.45, 7) is 6.42. The lowest BCUT2D eigenvalue weighted by molar-refractivity contribution is 0.0988. The first-order chi connectivity index (χ1) is 16.4. The van der Waals surface area contributed by atoms with Crippen LogP contribution in [-0.4, -0.2) is 28.1 Å². The van der Waals surface area contributed by atoms with Gasteiger partial charge in [-0.2, -0.15) is 5.10 Å². The van der Waals surface area contributed by atoms with Crippen molar-refractivity contribution in [1.82, 2.24) is 9.78 Å². The zero-order valence-corrected chi connectivity index (χ0v) is 20.8. The van der Waals surface area contributed by atoms with Gasteiger partial charge in [-0.15, -0.1) is 0 Å². The molecule has 0 aliphatic heterocycles. The molecule has 0 saturated carbocycles. The second-order valence-corrected chi connectivity index (χ2v) is 8.97. The molecule has 5 heteroatoms. The maximum Gasteiger partial charge on any atom is 0.123 e. The van der Waals surface area contributed by atoms with Gasteiger partial charge < -0.3 is 9.84 Å². The minimum absolute atomic E-state index is 0.251. The number of aliphatic hydroxyl groups excluding tert-OH is 1. The molecule has 0 fully saturated rings. The number of aryl methyl sites for hydroxylation is 1. The van der Waals surface area contributed by atoms with Gasteiger partial charge in [-0.05, 0) is 98.5 Å². The Hall–Kier alpha value is -2.92. The van der Waals surface area contributed by atoms with Crippen molar-refractivity contribution in [3.8, 4) is 11.4 Å². The predicted octanol–water partition coefficient (Wildman–Crippen LogP) is 6.79. The van der Waals surface area contributed by atoms with Gasteiger partial charge in [0.25, 0.3) is 0 Å². The Morgan fingerprint density at radius 3 is 2.62 bits per heavy atom. The zero-order chi connectivity index (χ0) is 24.5. The van der Waals surface area contributed by atoms with Crippen LogP contribution in [0.1, 0.15) is 63.3 Å². The lowest BCUT2D eigenvalue weighted by atomic mass is 9.89. The minimum atomic E-state index is -0.368. The number of hydrogen-bond acceptors (Lipinski definition) is 3. The maximum atomic E-state index is 13.4. The molecule has 3 rings (SSSR count). The van der Waals surface area contributed by atoms with Gasteiger partial charge in [0.05, 0.1) is 30.8 Å². The predicted molar refractivity (Wildman–Crippen MR) is 137 cm³/mol. The molecule has 0 aliphatic rings. The van der Waals surface area contributed by atoms with Crippen LogP contribution in [0.5, 0.6) is 5.75 Å². The Bertz CT molecular complexity index is 1070. The molecule has 1 heterocycles. The van der Waals surface area contributed by atoms with Gasteiger partial charge in [-0.3, -0.25) is 0 Å². The van der Waals surface area contributed by atoms with Crippen molar-refractivity contribution in [2.75, 3.05) is 7.11 Å². The third-order valence-corrected chi connectivity index (χ3v) is 6.51. The van der Waals surface area contributed by atoms with Gasteiger partial charge in [-0.1, -0.05) is 38.0 Å². The Kier molecular flexibility index (Phi) is 9.46. The number of rotatable bonds is 12. The van der Waals surface area contributed by atoms with Gasteiger partial charge in [-0.25, -0.2) is 9.07 Å². The topological polar surface area (TPSA) is 47.3 Å². The van der Waals surface area contributed by atoms with Crippen LogP contribution in [-0.2, 0) is 12.8 Å². The van der Waals surface area contributed by atoms with E-state index in [-0.39, 0.29) is 17.8 Å². The van der Waals surface area contributed by atoms with Gasteiger partial charge in [0, 0.05) is 0 Å². The minimum Gasteiger partial charge on any atom is -0.497 e. The summed E-state index contributed by atoms with van der Waals surface area (Å²) in [5.74, 6) is 0.832. The average Bonchev–Trinajstić information content (AvgIpc) is 3.24. The van der Waals surface area contributed by atoms with Crippen molar-refractivity contribution in [2.45, 2.75) is 65.4 Å². The summed E-state index contributed by atoms with van der Waals surface area (Å²) in [5.41, 5.74) is 5.45. The zero-order valence-electron chi connectivity index (χ0n) is 20.8. The smallest absolute Gasteiger partial charge is 0.123 e. The Balaban J connectivity index is 1.62. The van der Waals surface area contributed by atoms with Crippen molar-refractivity contribution < 1.29 is 14.2 Å². The molecular weight excluding hydrogens is 427 g/mol. The van der Waals surface area contributed by atoms with E-state index in [1.54, 1.807) is 19.2 Å². The summed E-state index contributed by atoms with van der Waals surface area (Å²) in [7, 11) is 1.66. The highest BCUT2D eigenvalue weighted by atomic mass is 19.1. The number of methoxy groups -OCH3 is 1. The van der Waals surface area contributed by atoms with Crippen molar-refractivity contribution in [1.29, 1.82) is 0 Å².